The third-order valence-electron chi connectivity index (χ3n) is 1.78. The van der Waals surface area contributed by atoms with Crippen LogP contribution in [0.15, 0.2) is 30.3 Å². The lowest BCUT2D eigenvalue weighted by atomic mass is 10.2. The first-order chi connectivity index (χ1) is 9.24. The average Bonchev–Trinajstić information content (AvgIpc) is 2.49. The van der Waals surface area contributed by atoms with Crippen LogP contribution in [0.5, 0.6) is 5.75 Å². The summed E-state index contributed by atoms with van der Waals surface area (Å²) in [4.78, 5) is 10.2. The van der Waals surface area contributed by atoms with E-state index in [9.17, 15) is 4.79 Å². The number of thiol groups is 1. The van der Waals surface area contributed by atoms with Crippen LogP contribution in [0.4, 0.5) is 0 Å². The quantitative estimate of drug-likeness (QED) is 0.642. The Morgan fingerprint density at radius 1 is 1.26 bits per heavy atom. The van der Waals surface area contributed by atoms with E-state index in [1.807, 2.05) is 51.1 Å². The third kappa shape index (κ3) is 14.9. The van der Waals surface area contributed by atoms with Gasteiger partial charge in [-0.1, -0.05) is 39.0 Å². The Morgan fingerprint density at radius 3 is 2.21 bits per heavy atom. The molecule has 19 heavy (non-hydrogen) atoms. The van der Waals surface area contributed by atoms with Crippen LogP contribution in [-0.4, -0.2) is 32.4 Å². The maximum Gasteiger partial charge on any atom is 0.126 e. The highest BCUT2D eigenvalue weighted by Gasteiger charge is 1.99. The second kappa shape index (κ2) is 17.0. The topological polar surface area (TPSA) is 35.5 Å². The molecule has 0 aliphatic carbocycles. The fraction of sp³-hybridized carbons (Fsp3) is 0.533. The van der Waals surface area contributed by atoms with Crippen LogP contribution in [0.25, 0.3) is 0 Å². The molecule has 0 amide bonds. The van der Waals surface area contributed by atoms with E-state index in [1.54, 1.807) is 7.11 Å². The molecule has 1 atom stereocenters. The Morgan fingerprint density at radius 2 is 1.84 bits per heavy atom. The Balaban J connectivity index is 0. The average molecular weight is 286 g/mol. The van der Waals surface area contributed by atoms with E-state index >= 15 is 0 Å². The molecule has 0 aromatic heterocycles. The number of hydrogen-bond acceptors (Lipinski definition) is 4. The van der Waals surface area contributed by atoms with Crippen molar-refractivity contribution in [3.8, 4) is 5.75 Å². The maximum absolute atomic E-state index is 10.2. The van der Waals surface area contributed by atoms with Crippen LogP contribution >= 0.6 is 12.6 Å². The predicted molar refractivity (Wildman–Crippen MR) is 84.2 cm³/mol. The van der Waals surface area contributed by atoms with Crippen LogP contribution in [-0.2, 0) is 9.53 Å². The molecule has 1 rings (SSSR count). The summed E-state index contributed by atoms with van der Waals surface area (Å²) in [5.74, 6) is 1.59. The van der Waals surface area contributed by atoms with Crippen LogP contribution < -0.4 is 4.74 Å². The summed E-state index contributed by atoms with van der Waals surface area (Å²) in [5, 5.41) is 0. The maximum atomic E-state index is 10.2. The van der Waals surface area contributed by atoms with Gasteiger partial charge in [-0.25, -0.2) is 0 Å². The van der Waals surface area contributed by atoms with E-state index in [4.69, 9.17) is 4.74 Å². The van der Waals surface area contributed by atoms with E-state index in [1.165, 1.54) is 0 Å². The number of benzene rings is 1. The summed E-state index contributed by atoms with van der Waals surface area (Å²) < 4.78 is 9.94. The number of rotatable bonds is 6. The lowest BCUT2D eigenvalue weighted by molar-refractivity contribution is -0.111. The molecule has 0 saturated carbocycles. The molecular weight excluding hydrogens is 260 g/mol. The van der Waals surface area contributed by atoms with Crippen molar-refractivity contribution in [1.29, 1.82) is 0 Å². The summed E-state index contributed by atoms with van der Waals surface area (Å²) in [5.41, 5.74) is 0. The normalized spacial score (nSPS) is 10.2. The van der Waals surface area contributed by atoms with E-state index < -0.39 is 0 Å². The highest BCUT2D eigenvalue weighted by Crippen LogP contribution is 2.08. The summed E-state index contributed by atoms with van der Waals surface area (Å²) in [6.07, 6.45) is 0.892. The molecule has 0 spiro atoms. The van der Waals surface area contributed by atoms with Gasteiger partial charge in [0.05, 0.1) is 13.2 Å². The number of carbonyl (C=O) groups excluding carboxylic acids is 1. The van der Waals surface area contributed by atoms with Crippen molar-refractivity contribution in [3.05, 3.63) is 30.3 Å². The van der Waals surface area contributed by atoms with Crippen LogP contribution in [0.2, 0.25) is 0 Å². The molecule has 4 heteroatoms. The Hall–Kier alpha value is -1.00. The summed E-state index contributed by atoms with van der Waals surface area (Å²) >= 11 is 3.88. The minimum atomic E-state index is -0.0368. The predicted octanol–water partition coefficient (Wildman–Crippen LogP) is 3.49. The Bertz CT molecular complexity index is 276. The molecule has 0 N–H and O–H groups in total. The molecule has 0 heterocycles. The molecule has 1 aromatic rings. The van der Waals surface area contributed by atoms with Gasteiger partial charge in [-0.05, 0) is 12.1 Å². The zero-order valence-electron chi connectivity index (χ0n) is 12.3. The van der Waals surface area contributed by atoms with Crippen LogP contribution in [0.1, 0.15) is 20.8 Å². The van der Waals surface area contributed by atoms with Crippen LogP contribution in [0, 0.1) is 5.92 Å². The van der Waals surface area contributed by atoms with Crippen molar-refractivity contribution >= 4 is 18.9 Å². The highest BCUT2D eigenvalue weighted by atomic mass is 32.1. The number of aldehydes is 1. The van der Waals surface area contributed by atoms with Gasteiger partial charge in [0.1, 0.15) is 12.0 Å². The Kier molecular flexibility index (Phi) is 18.2. The molecule has 110 valence electrons. The van der Waals surface area contributed by atoms with Gasteiger partial charge in [0.15, 0.2) is 0 Å². The molecule has 0 aliphatic rings. The van der Waals surface area contributed by atoms with Gasteiger partial charge >= 0.3 is 0 Å². The van der Waals surface area contributed by atoms with Crippen molar-refractivity contribution in [1.82, 2.24) is 0 Å². The Labute approximate surface area is 122 Å². The van der Waals surface area contributed by atoms with Crippen LogP contribution in [0.3, 0.4) is 0 Å². The van der Waals surface area contributed by atoms with E-state index in [0.717, 1.165) is 24.4 Å². The first kappa shape index (κ1) is 20.3. The zero-order chi connectivity index (χ0) is 14.9. The smallest absolute Gasteiger partial charge is 0.126 e. The van der Waals surface area contributed by atoms with E-state index in [-0.39, 0.29) is 5.92 Å². The number of carbonyl (C=O) groups is 1. The standard InChI is InChI=1S/C10H12O2.C3H8OS.C2H6/c1-9(7-11)8-12-10-5-3-2-4-6-10;1-4-2-3-5;1-2/h2-7,9H,8H2,1H3;5H,2-3H2,1H3;1-2H3. The van der Waals surface area contributed by atoms with Crippen molar-refractivity contribution in [2.75, 3.05) is 26.1 Å². The second-order valence-corrected chi connectivity index (χ2v) is 3.90. The molecule has 0 saturated heterocycles. The zero-order valence-corrected chi connectivity index (χ0v) is 13.2. The molecule has 0 fully saturated rings. The minimum absolute atomic E-state index is 0.0368. The third-order valence-corrected chi connectivity index (χ3v) is 1.97. The van der Waals surface area contributed by atoms with E-state index in [2.05, 4.69) is 17.4 Å². The molecule has 3 nitrogen and oxygen atoms in total. The van der Waals surface area contributed by atoms with Crippen molar-refractivity contribution < 1.29 is 14.3 Å². The summed E-state index contributed by atoms with van der Waals surface area (Å²) in [6, 6.07) is 9.48. The van der Waals surface area contributed by atoms with Gasteiger partial charge in [0.2, 0.25) is 0 Å². The SMILES string of the molecule is CC.CC(C=O)COc1ccccc1.COCCS. The first-order valence-corrected chi connectivity index (χ1v) is 7.10. The number of methoxy groups -OCH3 is 1. The monoisotopic (exact) mass is 286 g/mol. The summed E-state index contributed by atoms with van der Waals surface area (Å²) in [7, 11) is 1.66. The minimum Gasteiger partial charge on any atom is -0.493 e. The lowest BCUT2D eigenvalue weighted by Crippen LogP contribution is -2.09. The molecule has 1 unspecified atom stereocenters. The fourth-order valence-corrected chi connectivity index (χ4v) is 1.06. The highest BCUT2D eigenvalue weighted by molar-refractivity contribution is 7.80. The number of hydrogen-bond donors (Lipinski definition) is 1. The number of ether oxygens (including phenoxy) is 2. The summed E-state index contributed by atoms with van der Waals surface area (Å²) in [6.45, 7) is 7.03. The van der Waals surface area contributed by atoms with Gasteiger partial charge in [0, 0.05) is 18.8 Å². The molecule has 0 aliphatic heterocycles. The lowest BCUT2D eigenvalue weighted by Gasteiger charge is -2.06. The second-order valence-electron chi connectivity index (χ2n) is 3.45. The number of para-hydroxylation sites is 1. The van der Waals surface area contributed by atoms with E-state index in [0.29, 0.717) is 6.61 Å². The fourth-order valence-electron chi connectivity index (χ4n) is 0.875. The van der Waals surface area contributed by atoms with Gasteiger partial charge in [-0.2, -0.15) is 12.6 Å². The van der Waals surface area contributed by atoms with Crippen molar-refractivity contribution in [3.63, 3.8) is 0 Å². The van der Waals surface area contributed by atoms with Crippen molar-refractivity contribution in [2.24, 2.45) is 5.92 Å². The van der Waals surface area contributed by atoms with Gasteiger partial charge < -0.3 is 14.3 Å². The van der Waals surface area contributed by atoms with Gasteiger partial charge in [-0.3, -0.25) is 0 Å². The molecule has 0 bridgehead atoms. The van der Waals surface area contributed by atoms with Gasteiger partial charge in [0.25, 0.3) is 0 Å². The van der Waals surface area contributed by atoms with Crippen molar-refractivity contribution in [2.45, 2.75) is 20.8 Å². The molecule has 1 aromatic carbocycles. The van der Waals surface area contributed by atoms with Gasteiger partial charge in [-0.15, -0.1) is 0 Å². The largest absolute Gasteiger partial charge is 0.493 e. The molecular formula is C15H26O3S. The first-order valence-electron chi connectivity index (χ1n) is 6.47. The molecule has 0 radical (unpaired) electrons.